The Morgan fingerprint density at radius 1 is 1.12 bits per heavy atom. The number of hydrogen-bond donors (Lipinski definition) is 0. The van der Waals surface area contributed by atoms with Gasteiger partial charge in [-0.15, -0.1) is 0 Å². The molecule has 0 aliphatic heterocycles. The second kappa shape index (κ2) is 4.14. The van der Waals surface area contributed by atoms with Crippen molar-refractivity contribution in [2.75, 3.05) is 0 Å². The predicted molar refractivity (Wildman–Crippen MR) is 78.1 cm³/mol. The van der Waals surface area contributed by atoms with Crippen LogP contribution < -0.4 is 0 Å². The number of fused-ring (bicyclic) bond motifs is 1. The lowest BCUT2D eigenvalue weighted by molar-refractivity contribution is 0.962. The van der Waals surface area contributed by atoms with E-state index in [1.54, 1.807) is 0 Å². The zero-order valence-electron chi connectivity index (χ0n) is 9.39. The molecule has 2 nitrogen and oxygen atoms in total. The Balaban J connectivity index is 2.28. The molecular weight excluding hydrogens is 323 g/mol. The minimum absolute atomic E-state index is 1.05. The highest BCUT2D eigenvalue weighted by Gasteiger charge is 2.11. The lowest BCUT2D eigenvalue weighted by Gasteiger charge is -1.95. The maximum absolute atomic E-state index is 4.63. The van der Waals surface area contributed by atoms with Crippen molar-refractivity contribution >= 4 is 28.1 Å². The van der Waals surface area contributed by atoms with Crippen LogP contribution in [0.5, 0.6) is 0 Å². The second-order valence-corrected chi connectivity index (χ2v) is 5.14. The molecule has 2 aromatic heterocycles. The topological polar surface area (TPSA) is 17.3 Å². The monoisotopic (exact) mass is 334 g/mol. The fraction of sp³-hybridized carbons (Fsp3) is 0.0714. The normalized spacial score (nSPS) is 10.9. The zero-order chi connectivity index (χ0) is 11.8. The SMILES string of the molecule is Cc1ccn2nc(-c3ccccc3)c(I)c2c1. The van der Waals surface area contributed by atoms with E-state index in [2.05, 4.69) is 58.9 Å². The minimum atomic E-state index is 1.05. The van der Waals surface area contributed by atoms with Crippen molar-refractivity contribution in [1.82, 2.24) is 9.61 Å². The quantitative estimate of drug-likeness (QED) is 0.617. The van der Waals surface area contributed by atoms with Gasteiger partial charge in [-0.1, -0.05) is 30.3 Å². The molecule has 0 N–H and O–H groups in total. The maximum Gasteiger partial charge on any atom is 0.107 e. The molecule has 0 unspecified atom stereocenters. The first-order valence-corrected chi connectivity index (χ1v) is 6.53. The number of aromatic nitrogens is 2. The van der Waals surface area contributed by atoms with E-state index < -0.39 is 0 Å². The fourth-order valence-corrected chi connectivity index (χ4v) is 2.73. The van der Waals surface area contributed by atoms with Gasteiger partial charge >= 0.3 is 0 Å². The molecular formula is C14H11IN2. The largest absolute Gasteiger partial charge is 0.239 e. The van der Waals surface area contributed by atoms with Crippen LogP contribution >= 0.6 is 22.6 Å². The average Bonchev–Trinajstić information content (AvgIpc) is 2.68. The summed E-state index contributed by atoms with van der Waals surface area (Å²) < 4.78 is 3.15. The number of nitrogens with zero attached hydrogens (tertiary/aromatic N) is 2. The van der Waals surface area contributed by atoms with Crippen molar-refractivity contribution in [2.45, 2.75) is 6.92 Å². The Labute approximate surface area is 113 Å². The van der Waals surface area contributed by atoms with E-state index >= 15 is 0 Å². The third-order valence-corrected chi connectivity index (χ3v) is 3.84. The Morgan fingerprint density at radius 3 is 2.65 bits per heavy atom. The van der Waals surface area contributed by atoms with Gasteiger partial charge in [0.05, 0.1) is 9.09 Å². The van der Waals surface area contributed by atoms with E-state index in [0.717, 1.165) is 5.69 Å². The molecule has 3 rings (SSSR count). The van der Waals surface area contributed by atoms with Gasteiger partial charge in [0, 0.05) is 11.8 Å². The highest BCUT2D eigenvalue weighted by molar-refractivity contribution is 14.1. The molecule has 1 aromatic carbocycles. The van der Waals surface area contributed by atoms with Crippen LogP contribution in [0.4, 0.5) is 0 Å². The Bertz CT molecular complexity index is 671. The van der Waals surface area contributed by atoms with Crippen molar-refractivity contribution in [3.05, 3.63) is 57.8 Å². The summed E-state index contributed by atoms with van der Waals surface area (Å²) in [7, 11) is 0. The first-order valence-electron chi connectivity index (χ1n) is 5.45. The Morgan fingerprint density at radius 2 is 1.88 bits per heavy atom. The molecule has 0 aliphatic carbocycles. The third-order valence-electron chi connectivity index (χ3n) is 2.78. The van der Waals surface area contributed by atoms with Crippen LogP contribution in [0.3, 0.4) is 0 Å². The standard InChI is InChI=1S/C14H11IN2/c1-10-7-8-17-12(9-10)13(15)14(16-17)11-5-3-2-4-6-11/h2-9H,1H3. The van der Waals surface area contributed by atoms with Crippen molar-refractivity contribution in [2.24, 2.45) is 0 Å². The summed E-state index contributed by atoms with van der Waals surface area (Å²) in [6, 6.07) is 14.5. The summed E-state index contributed by atoms with van der Waals surface area (Å²) in [6.45, 7) is 2.10. The van der Waals surface area contributed by atoms with Gasteiger partial charge in [-0.2, -0.15) is 5.10 Å². The highest BCUT2D eigenvalue weighted by atomic mass is 127. The van der Waals surface area contributed by atoms with Crippen molar-refractivity contribution < 1.29 is 0 Å². The van der Waals surface area contributed by atoms with Gasteiger partial charge in [0.25, 0.3) is 0 Å². The van der Waals surface area contributed by atoms with Crippen LogP contribution in [0.2, 0.25) is 0 Å². The van der Waals surface area contributed by atoms with Crippen LogP contribution in [-0.2, 0) is 0 Å². The van der Waals surface area contributed by atoms with Crippen molar-refractivity contribution in [1.29, 1.82) is 0 Å². The lowest BCUT2D eigenvalue weighted by Crippen LogP contribution is -1.86. The second-order valence-electron chi connectivity index (χ2n) is 4.06. The van der Waals surface area contributed by atoms with Gasteiger partial charge in [0.15, 0.2) is 0 Å². The summed E-state index contributed by atoms with van der Waals surface area (Å²) in [5.74, 6) is 0. The van der Waals surface area contributed by atoms with E-state index in [-0.39, 0.29) is 0 Å². The molecule has 0 saturated heterocycles. The molecule has 0 amide bonds. The summed E-state index contributed by atoms with van der Waals surface area (Å²) in [5.41, 5.74) is 4.65. The summed E-state index contributed by atoms with van der Waals surface area (Å²) in [4.78, 5) is 0. The number of benzene rings is 1. The maximum atomic E-state index is 4.63. The third kappa shape index (κ3) is 1.84. The predicted octanol–water partition coefficient (Wildman–Crippen LogP) is 3.91. The molecule has 3 aromatic rings. The lowest BCUT2D eigenvalue weighted by atomic mass is 10.1. The van der Waals surface area contributed by atoms with Crippen LogP contribution in [0.1, 0.15) is 5.56 Å². The summed E-state index contributed by atoms with van der Waals surface area (Å²) >= 11 is 2.37. The van der Waals surface area contributed by atoms with Gasteiger partial charge in [-0.05, 0) is 47.2 Å². The summed E-state index contributed by atoms with van der Waals surface area (Å²) in [5, 5.41) is 4.63. The average molecular weight is 334 g/mol. The molecule has 2 heterocycles. The fourth-order valence-electron chi connectivity index (χ4n) is 1.90. The summed E-state index contributed by atoms with van der Waals surface area (Å²) in [6.07, 6.45) is 2.01. The molecule has 0 bridgehead atoms. The first kappa shape index (κ1) is 10.8. The van der Waals surface area contributed by atoms with Gasteiger partial charge in [-0.3, -0.25) is 0 Å². The van der Waals surface area contributed by atoms with Crippen molar-refractivity contribution in [3.8, 4) is 11.3 Å². The Kier molecular flexibility index (Phi) is 2.63. The number of halogens is 1. The molecule has 0 atom stereocenters. The van der Waals surface area contributed by atoms with E-state index in [4.69, 9.17) is 0 Å². The Hall–Kier alpha value is -1.36. The van der Waals surface area contributed by atoms with Crippen LogP contribution in [-0.4, -0.2) is 9.61 Å². The molecule has 3 heteroatoms. The van der Waals surface area contributed by atoms with Crippen LogP contribution in [0.15, 0.2) is 48.7 Å². The molecule has 84 valence electrons. The van der Waals surface area contributed by atoms with Gasteiger partial charge in [0.1, 0.15) is 5.69 Å². The number of pyridine rings is 1. The van der Waals surface area contributed by atoms with E-state index in [0.29, 0.717) is 0 Å². The molecule has 0 fully saturated rings. The van der Waals surface area contributed by atoms with E-state index in [9.17, 15) is 0 Å². The van der Waals surface area contributed by atoms with E-state index in [1.807, 2.05) is 28.9 Å². The van der Waals surface area contributed by atoms with Gasteiger partial charge in [-0.25, -0.2) is 4.52 Å². The van der Waals surface area contributed by atoms with E-state index in [1.165, 1.54) is 20.2 Å². The highest BCUT2D eigenvalue weighted by Crippen LogP contribution is 2.27. The zero-order valence-corrected chi connectivity index (χ0v) is 11.5. The number of hydrogen-bond acceptors (Lipinski definition) is 1. The first-order chi connectivity index (χ1) is 8.25. The molecule has 0 saturated carbocycles. The molecule has 0 spiro atoms. The van der Waals surface area contributed by atoms with Gasteiger partial charge < -0.3 is 0 Å². The molecule has 0 aliphatic rings. The van der Waals surface area contributed by atoms with Crippen LogP contribution in [0, 0.1) is 10.5 Å². The van der Waals surface area contributed by atoms with Crippen molar-refractivity contribution in [3.63, 3.8) is 0 Å². The smallest absolute Gasteiger partial charge is 0.107 e. The molecule has 17 heavy (non-hydrogen) atoms. The number of rotatable bonds is 1. The van der Waals surface area contributed by atoms with Gasteiger partial charge in [0.2, 0.25) is 0 Å². The number of aryl methyl sites for hydroxylation is 1. The molecule has 0 radical (unpaired) electrons. The minimum Gasteiger partial charge on any atom is -0.239 e. The van der Waals surface area contributed by atoms with Crippen LogP contribution in [0.25, 0.3) is 16.8 Å².